The van der Waals surface area contributed by atoms with Crippen molar-refractivity contribution in [1.82, 2.24) is 4.98 Å². The van der Waals surface area contributed by atoms with Gasteiger partial charge in [-0.25, -0.2) is 4.98 Å². The molecular formula is C18H23NO2. The molecule has 0 spiro atoms. The molecule has 0 amide bonds. The number of ether oxygens (including phenoxy) is 1. The van der Waals surface area contributed by atoms with Crippen LogP contribution in [0.5, 0.6) is 11.6 Å². The van der Waals surface area contributed by atoms with Crippen molar-refractivity contribution in [2.24, 2.45) is 0 Å². The minimum atomic E-state index is -0.00954. The van der Waals surface area contributed by atoms with Gasteiger partial charge in [0, 0.05) is 11.8 Å². The summed E-state index contributed by atoms with van der Waals surface area (Å²) in [5.74, 6) is 1.69. The van der Waals surface area contributed by atoms with Gasteiger partial charge in [0.2, 0.25) is 5.88 Å². The average Bonchev–Trinajstić information content (AvgIpc) is 2.47. The molecule has 1 N–H and O–H groups in total. The number of aromatic nitrogens is 1. The Hall–Kier alpha value is -1.87. The van der Waals surface area contributed by atoms with Gasteiger partial charge in [0.15, 0.2) is 0 Å². The standard InChI is InChI=1S/C18H23NO2/c1-11(2)16-8-15(10-20)9-17(19-16)21-18-13(4)7-6-12(3)14(18)5/h6-9,11,20H,10H2,1-5H3. The van der Waals surface area contributed by atoms with Crippen molar-refractivity contribution in [3.05, 3.63) is 52.2 Å². The number of aliphatic hydroxyl groups is 1. The summed E-state index contributed by atoms with van der Waals surface area (Å²) in [6.45, 7) is 10.3. The highest BCUT2D eigenvalue weighted by atomic mass is 16.5. The number of hydrogen-bond donors (Lipinski definition) is 1. The maximum atomic E-state index is 9.40. The van der Waals surface area contributed by atoms with E-state index in [9.17, 15) is 5.11 Å². The minimum Gasteiger partial charge on any atom is -0.438 e. The van der Waals surface area contributed by atoms with Crippen LogP contribution in [0.4, 0.5) is 0 Å². The molecule has 3 heteroatoms. The highest BCUT2D eigenvalue weighted by Crippen LogP contribution is 2.31. The Bertz CT molecular complexity index is 648. The van der Waals surface area contributed by atoms with Crippen LogP contribution in [-0.4, -0.2) is 10.1 Å². The molecule has 0 saturated carbocycles. The van der Waals surface area contributed by atoms with E-state index < -0.39 is 0 Å². The first-order valence-electron chi connectivity index (χ1n) is 7.28. The van der Waals surface area contributed by atoms with Crippen LogP contribution in [0.2, 0.25) is 0 Å². The first-order valence-corrected chi connectivity index (χ1v) is 7.28. The predicted molar refractivity (Wildman–Crippen MR) is 85.0 cm³/mol. The Morgan fingerprint density at radius 1 is 1.10 bits per heavy atom. The third-order valence-corrected chi connectivity index (χ3v) is 3.74. The minimum absolute atomic E-state index is 0.00954. The molecule has 1 heterocycles. The number of nitrogens with zero attached hydrogens (tertiary/aromatic N) is 1. The number of hydrogen-bond acceptors (Lipinski definition) is 3. The van der Waals surface area contributed by atoms with Gasteiger partial charge in [-0.05, 0) is 55.0 Å². The fourth-order valence-corrected chi connectivity index (χ4v) is 2.21. The molecule has 0 radical (unpaired) electrons. The van der Waals surface area contributed by atoms with Crippen LogP contribution in [0.25, 0.3) is 0 Å². The lowest BCUT2D eigenvalue weighted by molar-refractivity contribution is 0.280. The number of rotatable bonds is 4. The summed E-state index contributed by atoms with van der Waals surface area (Å²) in [5, 5.41) is 9.40. The van der Waals surface area contributed by atoms with Gasteiger partial charge in [-0.3, -0.25) is 0 Å². The van der Waals surface area contributed by atoms with E-state index in [1.165, 1.54) is 5.56 Å². The van der Waals surface area contributed by atoms with Gasteiger partial charge in [-0.15, -0.1) is 0 Å². The summed E-state index contributed by atoms with van der Waals surface area (Å²) in [5.41, 5.74) is 5.15. The lowest BCUT2D eigenvalue weighted by Crippen LogP contribution is -2.00. The zero-order valence-corrected chi connectivity index (χ0v) is 13.4. The van der Waals surface area contributed by atoms with E-state index in [1.807, 2.05) is 13.0 Å². The summed E-state index contributed by atoms with van der Waals surface area (Å²) >= 11 is 0. The van der Waals surface area contributed by atoms with E-state index in [2.05, 4.69) is 44.8 Å². The van der Waals surface area contributed by atoms with Crippen LogP contribution in [0.1, 0.15) is 47.7 Å². The van der Waals surface area contributed by atoms with E-state index in [4.69, 9.17) is 4.74 Å². The van der Waals surface area contributed by atoms with E-state index in [-0.39, 0.29) is 6.61 Å². The maximum absolute atomic E-state index is 9.40. The molecule has 0 aliphatic carbocycles. The normalized spacial score (nSPS) is 11.0. The maximum Gasteiger partial charge on any atom is 0.219 e. The molecule has 2 rings (SSSR count). The zero-order chi connectivity index (χ0) is 15.6. The predicted octanol–water partition coefficient (Wildman–Crippen LogP) is 4.41. The Morgan fingerprint density at radius 2 is 1.76 bits per heavy atom. The zero-order valence-electron chi connectivity index (χ0n) is 13.4. The van der Waals surface area contributed by atoms with Gasteiger partial charge >= 0.3 is 0 Å². The van der Waals surface area contributed by atoms with Crippen LogP contribution >= 0.6 is 0 Å². The molecule has 0 bridgehead atoms. The van der Waals surface area contributed by atoms with Crippen molar-refractivity contribution < 1.29 is 9.84 Å². The van der Waals surface area contributed by atoms with Crippen LogP contribution in [0.15, 0.2) is 24.3 Å². The SMILES string of the molecule is Cc1ccc(C)c(Oc2cc(CO)cc(C(C)C)n2)c1C. The number of benzene rings is 1. The first-order chi connectivity index (χ1) is 9.92. The molecular weight excluding hydrogens is 262 g/mol. The average molecular weight is 285 g/mol. The van der Waals surface area contributed by atoms with Crippen LogP contribution in [0, 0.1) is 20.8 Å². The Labute approximate surface area is 126 Å². The summed E-state index contributed by atoms with van der Waals surface area (Å²) in [7, 11) is 0. The van der Waals surface area contributed by atoms with Gasteiger partial charge in [-0.1, -0.05) is 26.0 Å². The topological polar surface area (TPSA) is 42.4 Å². The molecule has 3 nitrogen and oxygen atoms in total. The van der Waals surface area contributed by atoms with Gasteiger partial charge < -0.3 is 9.84 Å². The second-order valence-corrected chi connectivity index (χ2v) is 5.81. The van der Waals surface area contributed by atoms with Gasteiger partial charge in [0.25, 0.3) is 0 Å². The van der Waals surface area contributed by atoms with Crippen molar-refractivity contribution in [3.8, 4) is 11.6 Å². The van der Waals surface area contributed by atoms with Crippen molar-refractivity contribution in [1.29, 1.82) is 0 Å². The van der Waals surface area contributed by atoms with Gasteiger partial charge in [-0.2, -0.15) is 0 Å². The highest BCUT2D eigenvalue weighted by molar-refractivity contribution is 5.46. The van der Waals surface area contributed by atoms with Crippen molar-refractivity contribution >= 4 is 0 Å². The number of pyridine rings is 1. The molecule has 0 atom stereocenters. The third-order valence-electron chi connectivity index (χ3n) is 3.74. The first kappa shape index (κ1) is 15.5. The van der Waals surface area contributed by atoms with E-state index in [0.717, 1.165) is 28.1 Å². The van der Waals surface area contributed by atoms with Gasteiger partial charge in [0.05, 0.1) is 6.61 Å². The molecule has 0 fully saturated rings. The van der Waals surface area contributed by atoms with Gasteiger partial charge in [0.1, 0.15) is 5.75 Å². The molecule has 1 aromatic carbocycles. The summed E-state index contributed by atoms with van der Waals surface area (Å²) < 4.78 is 6.03. The Balaban J connectivity index is 2.44. The molecule has 0 saturated heterocycles. The van der Waals surface area contributed by atoms with E-state index in [0.29, 0.717) is 11.8 Å². The molecule has 2 aromatic rings. The van der Waals surface area contributed by atoms with Crippen molar-refractivity contribution in [2.45, 2.75) is 47.1 Å². The van der Waals surface area contributed by atoms with Crippen LogP contribution in [0.3, 0.4) is 0 Å². The van der Waals surface area contributed by atoms with Crippen molar-refractivity contribution in [3.63, 3.8) is 0 Å². The fourth-order valence-electron chi connectivity index (χ4n) is 2.21. The molecule has 0 aliphatic heterocycles. The second-order valence-electron chi connectivity index (χ2n) is 5.81. The van der Waals surface area contributed by atoms with E-state index >= 15 is 0 Å². The molecule has 1 aromatic heterocycles. The fraction of sp³-hybridized carbons (Fsp3) is 0.389. The lowest BCUT2D eigenvalue weighted by atomic mass is 10.1. The summed E-state index contributed by atoms with van der Waals surface area (Å²) in [4.78, 5) is 4.55. The molecule has 112 valence electrons. The Morgan fingerprint density at radius 3 is 2.38 bits per heavy atom. The van der Waals surface area contributed by atoms with Crippen LogP contribution < -0.4 is 4.74 Å². The summed E-state index contributed by atoms with van der Waals surface area (Å²) in [6.07, 6.45) is 0. The smallest absolute Gasteiger partial charge is 0.219 e. The third kappa shape index (κ3) is 3.42. The van der Waals surface area contributed by atoms with E-state index in [1.54, 1.807) is 6.07 Å². The monoisotopic (exact) mass is 285 g/mol. The largest absolute Gasteiger partial charge is 0.438 e. The quantitative estimate of drug-likeness (QED) is 0.904. The molecule has 21 heavy (non-hydrogen) atoms. The number of aryl methyl sites for hydroxylation is 2. The number of aliphatic hydroxyl groups excluding tert-OH is 1. The van der Waals surface area contributed by atoms with Crippen molar-refractivity contribution in [2.75, 3.05) is 0 Å². The van der Waals surface area contributed by atoms with Crippen LogP contribution in [-0.2, 0) is 6.61 Å². The highest BCUT2D eigenvalue weighted by Gasteiger charge is 2.11. The lowest BCUT2D eigenvalue weighted by Gasteiger charge is -2.15. The second kappa shape index (κ2) is 6.27. The molecule has 0 aliphatic rings. The Kier molecular flexibility index (Phi) is 4.63. The molecule has 0 unspecified atom stereocenters. The summed E-state index contributed by atoms with van der Waals surface area (Å²) in [6, 6.07) is 7.87.